The number of rotatable bonds is 2. The summed E-state index contributed by atoms with van der Waals surface area (Å²) in [5, 5.41) is 3.24. The van der Waals surface area contributed by atoms with Gasteiger partial charge in [-0.2, -0.15) is 0 Å². The topological polar surface area (TPSA) is 55.6 Å². The molecule has 5 heteroatoms. The van der Waals surface area contributed by atoms with Crippen LogP contribution < -0.4 is 10.1 Å². The van der Waals surface area contributed by atoms with E-state index in [0.29, 0.717) is 13.0 Å². The number of fused-ring (bicyclic) bond motifs is 1. The number of Topliss-reactive ketones (excluding diaryl/α,β-unsaturated/α-hetero) is 1. The Kier molecular flexibility index (Phi) is 2.76. The highest BCUT2D eigenvalue weighted by Gasteiger charge is 2.26. The van der Waals surface area contributed by atoms with Crippen molar-refractivity contribution in [1.82, 2.24) is 14.7 Å². The number of hydrogen-bond donors (Lipinski definition) is 1. The standard InChI is InChI=1S/C13H15N3O2/c1-18-13-4-2-3-12-15-10(8-16(12)13)9-7-14-6-5-11(9)17/h2-4,8-9,14H,5-7H2,1H3. The summed E-state index contributed by atoms with van der Waals surface area (Å²) in [5.41, 5.74) is 1.62. The van der Waals surface area contributed by atoms with Crippen LogP contribution in [0.1, 0.15) is 18.0 Å². The smallest absolute Gasteiger partial charge is 0.198 e. The number of nitrogens with zero attached hydrogens (tertiary/aromatic N) is 2. The molecule has 3 rings (SSSR count). The maximum absolute atomic E-state index is 11.9. The van der Waals surface area contributed by atoms with Crippen LogP contribution >= 0.6 is 0 Å². The average Bonchev–Trinajstić information content (AvgIpc) is 2.82. The fourth-order valence-corrected chi connectivity index (χ4v) is 2.35. The maximum Gasteiger partial charge on any atom is 0.198 e. The lowest BCUT2D eigenvalue weighted by Gasteiger charge is -2.19. The Hall–Kier alpha value is -1.88. The van der Waals surface area contributed by atoms with Gasteiger partial charge in [0.25, 0.3) is 0 Å². The van der Waals surface area contributed by atoms with E-state index in [1.54, 1.807) is 7.11 Å². The van der Waals surface area contributed by atoms with Crippen molar-refractivity contribution in [2.45, 2.75) is 12.3 Å². The summed E-state index contributed by atoms with van der Waals surface area (Å²) in [7, 11) is 1.63. The zero-order valence-corrected chi connectivity index (χ0v) is 10.2. The number of methoxy groups -OCH3 is 1. The van der Waals surface area contributed by atoms with Crippen LogP contribution in [0, 0.1) is 0 Å². The number of piperidine rings is 1. The second-order valence-corrected chi connectivity index (χ2v) is 4.44. The number of ether oxygens (including phenoxy) is 1. The number of hydrogen-bond acceptors (Lipinski definition) is 4. The summed E-state index contributed by atoms with van der Waals surface area (Å²) in [5.74, 6) is 0.849. The summed E-state index contributed by atoms with van der Waals surface area (Å²) in [6.45, 7) is 1.44. The third-order valence-corrected chi connectivity index (χ3v) is 3.32. The second kappa shape index (κ2) is 4.42. The third-order valence-electron chi connectivity index (χ3n) is 3.32. The van der Waals surface area contributed by atoms with Crippen LogP contribution in [-0.4, -0.2) is 35.4 Å². The average molecular weight is 245 g/mol. The lowest BCUT2D eigenvalue weighted by molar-refractivity contribution is -0.121. The van der Waals surface area contributed by atoms with E-state index in [1.807, 2.05) is 28.8 Å². The summed E-state index contributed by atoms with van der Waals surface area (Å²) in [4.78, 5) is 16.4. The maximum atomic E-state index is 11.9. The van der Waals surface area contributed by atoms with Gasteiger partial charge in [0.2, 0.25) is 0 Å². The van der Waals surface area contributed by atoms with Crippen LogP contribution in [0.3, 0.4) is 0 Å². The molecular weight excluding hydrogens is 230 g/mol. The van der Waals surface area contributed by atoms with E-state index in [2.05, 4.69) is 10.3 Å². The Balaban J connectivity index is 2.05. The molecule has 1 aliphatic rings. The number of imidazole rings is 1. The van der Waals surface area contributed by atoms with Crippen molar-refractivity contribution < 1.29 is 9.53 Å². The first-order valence-electron chi connectivity index (χ1n) is 6.05. The van der Waals surface area contributed by atoms with Crippen molar-refractivity contribution in [3.8, 4) is 5.88 Å². The zero-order valence-electron chi connectivity index (χ0n) is 10.2. The van der Waals surface area contributed by atoms with E-state index in [4.69, 9.17) is 4.74 Å². The molecule has 1 aliphatic heterocycles. The molecule has 0 aliphatic carbocycles. The van der Waals surface area contributed by atoms with Crippen molar-refractivity contribution in [3.05, 3.63) is 30.1 Å². The SMILES string of the molecule is COc1cccc2nc(C3CNCCC3=O)cn12. The van der Waals surface area contributed by atoms with Crippen LogP contribution in [0.4, 0.5) is 0 Å². The monoisotopic (exact) mass is 245 g/mol. The first kappa shape index (κ1) is 11.2. The molecule has 1 saturated heterocycles. The summed E-state index contributed by atoms with van der Waals surface area (Å²) in [6.07, 6.45) is 2.47. The number of aromatic nitrogens is 2. The third kappa shape index (κ3) is 1.76. The fourth-order valence-electron chi connectivity index (χ4n) is 2.35. The first-order chi connectivity index (χ1) is 8.79. The zero-order chi connectivity index (χ0) is 12.5. The van der Waals surface area contributed by atoms with E-state index in [0.717, 1.165) is 23.8 Å². The predicted octanol–water partition coefficient (Wildman–Crippen LogP) is 0.989. The molecule has 0 aromatic carbocycles. The summed E-state index contributed by atoms with van der Waals surface area (Å²) >= 11 is 0. The van der Waals surface area contributed by atoms with Crippen molar-refractivity contribution in [2.75, 3.05) is 20.2 Å². The molecule has 0 bridgehead atoms. The van der Waals surface area contributed by atoms with Gasteiger partial charge in [-0.05, 0) is 12.1 Å². The Morgan fingerprint density at radius 3 is 3.17 bits per heavy atom. The molecule has 5 nitrogen and oxygen atoms in total. The van der Waals surface area contributed by atoms with Gasteiger partial charge in [0, 0.05) is 25.7 Å². The molecule has 0 amide bonds. The molecule has 0 saturated carbocycles. The molecule has 1 N–H and O–H groups in total. The van der Waals surface area contributed by atoms with Gasteiger partial charge in [0.05, 0.1) is 18.7 Å². The lowest BCUT2D eigenvalue weighted by Crippen LogP contribution is -2.35. The minimum absolute atomic E-state index is 0.136. The van der Waals surface area contributed by atoms with Crippen molar-refractivity contribution in [2.24, 2.45) is 0 Å². The highest BCUT2D eigenvalue weighted by Crippen LogP contribution is 2.22. The van der Waals surface area contributed by atoms with Crippen molar-refractivity contribution in [3.63, 3.8) is 0 Å². The molecule has 18 heavy (non-hydrogen) atoms. The lowest BCUT2D eigenvalue weighted by atomic mass is 9.95. The van der Waals surface area contributed by atoms with Gasteiger partial charge in [-0.15, -0.1) is 0 Å². The number of ketones is 1. The second-order valence-electron chi connectivity index (χ2n) is 4.44. The quantitative estimate of drug-likeness (QED) is 0.857. The van der Waals surface area contributed by atoms with Crippen LogP contribution in [0.2, 0.25) is 0 Å². The molecule has 0 spiro atoms. The van der Waals surface area contributed by atoms with E-state index < -0.39 is 0 Å². The van der Waals surface area contributed by atoms with Crippen LogP contribution in [0.25, 0.3) is 5.65 Å². The van der Waals surface area contributed by atoms with Gasteiger partial charge in [-0.3, -0.25) is 9.20 Å². The van der Waals surface area contributed by atoms with Gasteiger partial charge in [0.15, 0.2) is 5.88 Å². The highest BCUT2D eigenvalue weighted by molar-refractivity contribution is 5.86. The Labute approximate surface area is 105 Å². The predicted molar refractivity (Wildman–Crippen MR) is 67.0 cm³/mol. The Bertz CT molecular complexity index is 591. The molecule has 1 unspecified atom stereocenters. The molecule has 94 valence electrons. The van der Waals surface area contributed by atoms with Gasteiger partial charge in [-0.25, -0.2) is 4.98 Å². The van der Waals surface area contributed by atoms with Gasteiger partial charge < -0.3 is 10.1 Å². The van der Waals surface area contributed by atoms with E-state index in [1.165, 1.54) is 0 Å². The summed E-state index contributed by atoms with van der Waals surface area (Å²) in [6, 6.07) is 5.68. The van der Waals surface area contributed by atoms with Gasteiger partial charge >= 0.3 is 0 Å². The molecule has 1 atom stereocenters. The van der Waals surface area contributed by atoms with Gasteiger partial charge in [0.1, 0.15) is 11.4 Å². The number of pyridine rings is 1. The van der Waals surface area contributed by atoms with E-state index in [9.17, 15) is 4.79 Å². The molecule has 0 radical (unpaired) electrons. The van der Waals surface area contributed by atoms with E-state index in [-0.39, 0.29) is 11.7 Å². The van der Waals surface area contributed by atoms with Crippen LogP contribution in [-0.2, 0) is 4.79 Å². The molecule has 3 heterocycles. The molecule has 1 fully saturated rings. The minimum Gasteiger partial charge on any atom is -0.482 e. The van der Waals surface area contributed by atoms with Crippen LogP contribution in [0.5, 0.6) is 5.88 Å². The van der Waals surface area contributed by atoms with Crippen molar-refractivity contribution in [1.29, 1.82) is 0 Å². The van der Waals surface area contributed by atoms with E-state index >= 15 is 0 Å². The largest absolute Gasteiger partial charge is 0.482 e. The van der Waals surface area contributed by atoms with Crippen LogP contribution in [0.15, 0.2) is 24.4 Å². The van der Waals surface area contributed by atoms with Crippen molar-refractivity contribution >= 4 is 11.4 Å². The number of nitrogens with one attached hydrogen (secondary N) is 1. The highest BCUT2D eigenvalue weighted by atomic mass is 16.5. The molecular formula is C13H15N3O2. The minimum atomic E-state index is -0.136. The number of carbonyl (C=O) groups is 1. The fraction of sp³-hybridized carbons (Fsp3) is 0.385. The molecule has 2 aromatic rings. The number of carbonyl (C=O) groups excluding carboxylic acids is 1. The summed E-state index contributed by atoms with van der Waals surface area (Å²) < 4.78 is 7.15. The Morgan fingerprint density at radius 2 is 2.39 bits per heavy atom. The Morgan fingerprint density at radius 1 is 1.50 bits per heavy atom. The first-order valence-corrected chi connectivity index (χ1v) is 6.05. The normalized spacial score (nSPS) is 20.3. The van der Waals surface area contributed by atoms with Gasteiger partial charge in [-0.1, -0.05) is 6.07 Å². The molecule has 2 aromatic heterocycles.